The van der Waals surface area contributed by atoms with Crippen LogP contribution in [-0.4, -0.2) is 28.9 Å². The zero-order valence-electron chi connectivity index (χ0n) is 14.5. The van der Waals surface area contributed by atoms with Gasteiger partial charge in [0.25, 0.3) is 0 Å². The van der Waals surface area contributed by atoms with E-state index in [0.29, 0.717) is 23.5 Å². The number of nitrogens with zero attached hydrogens (tertiary/aromatic N) is 2. The van der Waals surface area contributed by atoms with Gasteiger partial charge >= 0.3 is 0 Å². The Hall–Kier alpha value is -0.940. The summed E-state index contributed by atoms with van der Waals surface area (Å²) in [4.78, 5) is 4.57. The molecule has 0 saturated heterocycles. The number of hydrogen-bond acceptors (Lipinski definition) is 5. The number of hydrogen-bond donors (Lipinski definition) is 1. The summed E-state index contributed by atoms with van der Waals surface area (Å²) in [6.07, 6.45) is 5.41. The molecule has 1 aromatic heterocycles. The summed E-state index contributed by atoms with van der Waals surface area (Å²) in [6, 6.07) is 0.603. The maximum absolute atomic E-state index is 5.91. The predicted molar refractivity (Wildman–Crippen MR) is 84.7 cm³/mol. The molecule has 0 aliphatic heterocycles. The first-order chi connectivity index (χ1) is 10.4. The first-order valence-electron chi connectivity index (χ1n) is 8.58. The van der Waals surface area contributed by atoms with Gasteiger partial charge in [0, 0.05) is 23.5 Å². The van der Waals surface area contributed by atoms with Crippen LogP contribution < -0.4 is 5.32 Å². The Morgan fingerprint density at radius 3 is 2.64 bits per heavy atom. The largest absolute Gasteiger partial charge is 0.378 e. The van der Waals surface area contributed by atoms with Crippen molar-refractivity contribution in [1.29, 1.82) is 0 Å². The van der Waals surface area contributed by atoms with Crippen molar-refractivity contribution in [3.63, 3.8) is 0 Å². The molecule has 1 N–H and O–H groups in total. The fourth-order valence-electron chi connectivity index (χ4n) is 3.76. The van der Waals surface area contributed by atoms with Gasteiger partial charge in [-0.25, -0.2) is 0 Å². The van der Waals surface area contributed by atoms with Crippen LogP contribution in [0.4, 0.5) is 0 Å². The normalized spacial score (nSPS) is 28.2. The second kappa shape index (κ2) is 5.60. The van der Waals surface area contributed by atoms with E-state index in [1.165, 1.54) is 19.3 Å². The molecule has 2 saturated carbocycles. The lowest BCUT2D eigenvalue weighted by molar-refractivity contribution is -0.175. The van der Waals surface area contributed by atoms with Crippen molar-refractivity contribution in [3.8, 4) is 0 Å². The van der Waals surface area contributed by atoms with Gasteiger partial charge in [-0.3, -0.25) is 0 Å². The molecule has 3 atom stereocenters. The molecule has 0 radical (unpaired) electrons. The van der Waals surface area contributed by atoms with E-state index in [0.717, 1.165) is 18.9 Å². The van der Waals surface area contributed by atoms with Gasteiger partial charge in [0.15, 0.2) is 5.82 Å². The number of ether oxygens (including phenoxy) is 1. The Kier molecular flexibility index (Phi) is 4.06. The Morgan fingerprint density at radius 2 is 2.14 bits per heavy atom. The van der Waals surface area contributed by atoms with Crippen LogP contribution in [0.15, 0.2) is 4.52 Å². The van der Waals surface area contributed by atoms with Gasteiger partial charge in [0.1, 0.15) is 0 Å². The van der Waals surface area contributed by atoms with E-state index in [1.807, 2.05) is 0 Å². The van der Waals surface area contributed by atoms with Crippen LogP contribution >= 0.6 is 0 Å². The second-order valence-corrected chi connectivity index (χ2v) is 7.91. The SMILES string of the molecule is CCO[C@@H]1C[C@@H](N[C@@H](C)c2nc(C(C)(C)C)no2)C12CCC2. The molecule has 5 heteroatoms. The minimum Gasteiger partial charge on any atom is -0.378 e. The van der Waals surface area contributed by atoms with E-state index in [1.54, 1.807) is 0 Å². The average molecular weight is 307 g/mol. The molecule has 0 amide bonds. The number of rotatable bonds is 5. The van der Waals surface area contributed by atoms with Crippen LogP contribution in [0.25, 0.3) is 0 Å². The van der Waals surface area contributed by atoms with Gasteiger partial charge in [0.05, 0.1) is 12.1 Å². The van der Waals surface area contributed by atoms with Gasteiger partial charge in [-0.2, -0.15) is 4.98 Å². The second-order valence-electron chi connectivity index (χ2n) is 7.91. The van der Waals surface area contributed by atoms with E-state index < -0.39 is 0 Å². The standard InChI is InChI=1S/C17H29N3O2/c1-6-21-13-10-12(17(13)8-7-9-17)18-11(2)14-19-15(20-22-14)16(3,4)5/h11-13,18H,6-10H2,1-5H3/t11-,12+,13+/m0/s1. The Morgan fingerprint density at radius 1 is 1.41 bits per heavy atom. The lowest BCUT2D eigenvalue weighted by Crippen LogP contribution is -2.67. The summed E-state index contributed by atoms with van der Waals surface area (Å²) in [5.74, 6) is 1.47. The Bertz CT molecular complexity index is 516. The molecule has 1 aromatic rings. The molecule has 1 heterocycles. The predicted octanol–water partition coefficient (Wildman–Crippen LogP) is 3.37. The third kappa shape index (κ3) is 2.58. The van der Waals surface area contributed by atoms with Gasteiger partial charge in [-0.05, 0) is 33.1 Å². The summed E-state index contributed by atoms with van der Waals surface area (Å²) < 4.78 is 11.4. The monoisotopic (exact) mass is 307 g/mol. The van der Waals surface area contributed by atoms with Crippen LogP contribution in [0, 0.1) is 5.41 Å². The topological polar surface area (TPSA) is 60.2 Å². The summed E-state index contributed by atoms with van der Waals surface area (Å²) in [6.45, 7) is 11.3. The zero-order valence-corrected chi connectivity index (χ0v) is 14.5. The Labute approximate surface area is 133 Å². The first-order valence-corrected chi connectivity index (χ1v) is 8.58. The molecule has 5 nitrogen and oxygen atoms in total. The Balaban J connectivity index is 1.63. The van der Waals surface area contributed by atoms with Crippen molar-refractivity contribution in [2.75, 3.05) is 6.61 Å². The summed E-state index contributed by atoms with van der Waals surface area (Å²) in [5, 5.41) is 7.83. The highest BCUT2D eigenvalue weighted by Crippen LogP contribution is 2.57. The number of nitrogens with one attached hydrogen (secondary N) is 1. The maximum atomic E-state index is 5.91. The van der Waals surface area contributed by atoms with Crippen molar-refractivity contribution in [2.45, 2.75) is 83.9 Å². The lowest BCUT2D eigenvalue weighted by atomic mass is 9.51. The van der Waals surface area contributed by atoms with Crippen molar-refractivity contribution in [3.05, 3.63) is 11.7 Å². The highest BCUT2D eigenvalue weighted by molar-refractivity contribution is 5.13. The molecule has 22 heavy (non-hydrogen) atoms. The molecule has 3 rings (SSSR count). The van der Waals surface area contributed by atoms with Crippen molar-refractivity contribution >= 4 is 0 Å². The van der Waals surface area contributed by atoms with Gasteiger partial charge in [-0.1, -0.05) is 32.3 Å². The van der Waals surface area contributed by atoms with Crippen molar-refractivity contribution < 1.29 is 9.26 Å². The molecule has 2 fully saturated rings. The minimum atomic E-state index is -0.0762. The van der Waals surface area contributed by atoms with Crippen LogP contribution in [0.3, 0.4) is 0 Å². The molecular formula is C17H29N3O2. The molecule has 0 unspecified atom stereocenters. The fraction of sp³-hybridized carbons (Fsp3) is 0.882. The fourth-order valence-corrected chi connectivity index (χ4v) is 3.76. The summed E-state index contributed by atoms with van der Waals surface area (Å²) in [5.41, 5.74) is 0.282. The molecule has 2 aliphatic carbocycles. The zero-order chi connectivity index (χ0) is 16.0. The number of aromatic nitrogens is 2. The van der Waals surface area contributed by atoms with E-state index in [2.05, 4.69) is 50.1 Å². The quantitative estimate of drug-likeness (QED) is 0.904. The van der Waals surface area contributed by atoms with Gasteiger partial charge < -0.3 is 14.6 Å². The third-order valence-corrected chi connectivity index (χ3v) is 5.37. The minimum absolute atomic E-state index is 0.0762. The average Bonchev–Trinajstić information content (AvgIpc) is 2.84. The van der Waals surface area contributed by atoms with Gasteiger partial charge in [-0.15, -0.1) is 0 Å². The highest BCUT2D eigenvalue weighted by Gasteiger charge is 2.59. The lowest BCUT2D eigenvalue weighted by Gasteiger charge is -2.61. The van der Waals surface area contributed by atoms with Crippen molar-refractivity contribution in [2.24, 2.45) is 5.41 Å². The maximum Gasteiger partial charge on any atom is 0.243 e. The summed E-state index contributed by atoms with van der Waals surface area (Å²) >= 11 is 0. The van der Waals surface area contributed by atoms with Crippen LogP contribution in [0.1, 0.15) is 78.1 Å². The highest BCUT2D eigenvalue weighted by atomic mass is 16.5. The molecule has 124 valence electrons. The molecular weight excluding hydrogens is 278 g/mol. The molecule has 2 aliphatic rings. The van der Waals surface area contributed by atoms with Crippen LogP contribution in [0.5, 0.6) is 0 Å². The van der Waals surface area contributed by atoms with Crippen LogP contribution in [0.2, 0.25) is 0 Å². The molecule has 1 spiro atoms. The van der Waals surface area contributed by atoms with Crippen molar-refractivity contribution in [1.82, 2.24) is 15.5 Å². The van der Waals surface area contributed by atoms with E-state index in [4.69, 9.17) is 9.26 Å². The third-order valence-electron chi connectivity index (χ3n) is 5.37. The van der Waals surface area contributed by atoms with E-state index >= 15 is 0 Å². The van der Waals surface area contributed by atoms with E-state index in [-0.39, 0.29) is 11.5 Å². The summed E-state index contributed by atoms with van der Waals surface area (Å²) in [7, 11) is 0. The molecule has 0 aromatic carbocycles. The molecule has 0 bridgehead atoms. The van der Waals surface area contributed by atoms with Crippen LogP contribution in [-0.2, 0) is 10.2 Å². The first kappa shape index (κ1) is 15.9. The van der Waals surface area contributed by atoms with Gasteiger partial charge in [0.2, 0.25) is 5.89 Å². The smallest absolute Gasteiger partial charge is 0.243 e. The van der Waals surface area contributed by atoms with E-state index in [9.17, 15) is 0 Å².